The molecule has 5 heteroatoms. The summed E-state index contributed by atoms with van der Waals surface area (Å²) in [4.78, 5) is 27.3. The van der Waals surface area contributed by atoms with Crippen LogP contribution in [0.25, 0.3) is 0 Å². The zero-order valence-electron chi connectivity index (χ0n) is 20.3. The van der Waals surface area contributed by atoms with Crippen molar-refractivity contribution in [3.05, 3.63) is 95.1 Å². The van der Waals surface area contributed by atoms with Crippen LogP contribution in [-0.2, 0) is 16.8 Å². The predicted molar refractivity (Wildman–Crippen MR) is 135 cm³/mol. The predicted octanol–water partition coefficient (Wildman–Crippen LogP) is 5.79. The molecule has 1 atom stereocenters. The summed E-state index contributed by atoms with van der Waals surface area (Å²) in [6.45, 7) is 8.99. The fourth-order valence-electron chi connectivity index (χ4n) is 4.05. The van der Waals surface area contributed by atoms with Crippen LogP contribution in [0, 0.1) is 0 Å². The summed E-state index contributed by atoms with van der Waals surface area (Å²) in [5.74, 6) is 0.528. The Balaban J connectivity index is 1.50. The first-order chi connectivity index (χ1) is 16.3. The van der Waals surface area contributed by atoms with E-state index < -0.39 is 0 Å². The van der Waals surface area contributed by atoms with E-state index in [1.807, 2.05) is 67.6 Å². The lowest BCUT2D eigenvalue weighted by atomic mass is 9.82. The van der Waals surface area contributed by atoms with Crippen LogP contribution in [0.4, 0.5) is 5.69 Å². The van der Waals surface area contributed by atoms with E-state index in [-0.39, 0.29) is 29.9 Å². The Morgan fingerprint density at radius 2 is 1.76 bits per heavy atom. The minimum absolute atomic E-state index is 0.00704. The Morgan fingerprint density at radius 1 is 1.06 bits per heavy atom. The SMILES string of the molecule is CCC(C)(C)c1ccc2c(c1)N(Cc1ccc(C(=O)NC(C)c3ccccc3)cc1)C(=O)CO2. The first-order valence-electron chi connectivity index (χ1n) is 11.8. The molecule has 0 fully saturated rings. The fraction of sp³-hybridized carbons (Fsp3) is 0.310. The van der Waals surface area contributed by atoms with Crippen molar-refractivity contribution in [3.8, 4) is 5.75 Å². The van der Waals surface area contributed by atoms with Crippen molar-refractivity contribution in [2.45, 2.75) is 52.1 Å². The highest BCUT2D eigenvalue weighted by molar-refractivity contribution is 5.98. The molecule has 0 spiro atoms. The maximum Gasteiger partial charge on any atom is 0.265 e. The molecule has 0 saturated carbocycles. The molecule has 1 unspecified atom stereocenters. The van der Waals surface area contributed by atoms with Crippen molar-refractivity contribution >= 4 is 17.5 Å². The number of ether oxygens (including phenoxy) is 1. The second kappa shape index (κ2) is 9.72. The van der Waals surface area contributed by atoms with Gasteiger partial charge in [0.1, 0.15) is 5.75 Å². The molecule has 5 nitrogen and oxygen atoms in total. The number of anilines is 1. The second-order valence-electron chi connectivity index (χ2n) is 9.49. The highest BCUT2D eigenvalue weighted by atomic mass is 16.5. The van der Waals surface area contributed by atoms with Gasteiger partial charge in [0.05, 0.1) is 18.3 Å². The van der Waals surface area contributed by atoms with Gasteiger partial charge < -0.3 is 15.0 Å². The van der Waals surface area contributed by atoms with Gasteiger partial charge in [0.15, 0.2) is 6.61 Å². The maximum absolute atomic E-state index is 12.8. The Hall–Kier alpha value is -3.60. The van der Waals surface area contributed by atoms with Crippen LogP contribution in [0.15, 0.2) is 72.8 Å². The summed E-state index contributed by atoms with van der Waals surface area (Å²) in [6.07, 6.45) is 0.993. The monoisotopic (exact) mass is 456 g/mol. The number of nitrogens with zero attached hydrogens (tertiary/aromatic N) is 1. The summed E-state index contributed by atoms with van der Waals surface area (Å²) in [5, 5.41) is 3.04. The van der Waals surface area contributed by atoms with Crippen molar-refractivity contribution in [3.63, 3.8) is 0 Å². The Bertz CT molecular complexity index is 1170. The third-order valence-electron chi connectivity index (χ3n) is 6.77. The van der Waals surface area contributed by atoms with Gasteiger partial charge in [-0.15, -0.1) is 0 Å². The largest absolute Gasteiger partial charge is 0.482 e. The van der Waals surface area contributed by atoms with Crippen LogP contribution >= 0.6 is 0 Å². The van der Waals surface area contributed by atoms with Gasteiger partial charge in [0.25, 0.3) is 11.8 Å². The normalized spacial score (nSPS) is 14.2. The molecule has 0 aromatic heterocycles. The van der Waals surface area contributed by atoms with E-state index in [0.29, 0.717) is 12.1 Å². The van der Waals surface area contributed by atoms with Crippen LogP contribution in [0.3, 0.4) is 0 Å². The van der Waals surface area contributed by atoms with Crippen molar-refractivity contribution in [2.24, 2.45) is 0 Å². The zero-order valence-corrected chi connectivity index (χ0v) is 20.3. The number of hydrogen-bond acceptors (Lipinski definition) is 3. The molecule has 1 aliphatic rings. The quantitative estimate of drug-likeness (QED) is 0.489. The van der Waals surface area contributed by atoms with E-state index in [1.54, 1.807) is 4.90 Å². The Labute approximate surface area is 201 Å². The summed E-state index contributed by atoms with van der Waals surface area (Å²) >= 11 is 0. The number of carbonyl (C=O) groups excluding carboxylic acids is 2. The molecule has 0 aliphatic carbocycles. The van der Waals surface area contributed by atoms with Crippen molar-refractivity contribution in [1.29, 1.82) is 0 Å². The summed E-state index contributed by atoms with van der Waals surface area (Å²) < 4.78 is 5.68. The van der Waals surface area contributed by atoms with Crippen molar-refractivity contribution in [2.75, 3.05) is 11.5 Å². The molecule has 2 amide bonds. The van der Waals surface area contributed by atoms with E-state index in [2.05, 4.69) is 38.2 Å². The molecular formula is C29H32N2O3. The van der Waals surface area contributed by atoms with E-state index >= 15 is 0 Å². The summed E-state index contributed by atoms with van der Waals surface area (Å²) in [5.41, 5.74) is 4.58. The highest BCUT2D eigenvalue weighted by Crippen LogP contribution is 2.38. The van der Waals surface area contributed by atoms with Gasteiger partial charge in [-0.2, -0.15) is 0 Å². The molecule has 1 N–H and O–H groups in total. The first kappa shape index (κ1) is 23.6. The summed E-state index contributed by atoms with van der Waals surface area (Å²) in [6, 6.07) is 23.3. The van der Waals surface area contributed by atoms with Crippen LogP contribution in [-0.4, -0.2) is 18.4 Å². The van der Waals surface area contributed by atoms with Gasteiger partial charge in [-0.25, -0.2) is 0 Å². The third-order valence-corrected chi connectivity index (χ3v) is 6.77. The average Bonchev–Trinajstić information content (AvgIpc) is 2.86. The van der Waals surface area contributed by atoms with Gasteiger partial charge in [0.2, 0.25) is 0 Å². The van der Waals surface area contributed by atoms with E-state index in [9.17, 15) is 9.59 Å². The highest BCUT2D eigenvalue weighted by Gasteiger charge is 2.28. The Morgan fingerprint density at radius 3 is 2.44 bits per heavy atom. The van der Waals surface area contributed by atoms with Crippen LogP contribution in [0.2, 0.25) is 0 Å². The number of benzene rings is 3. The van der Waals surface area contributed by atoms with Crippen molar-refractivity contribution in [1.82, 2.24) is 5.32 Å². The number of rotatable bonds is 7. The van der Waals surface area contributed by atoms with Crippen molar-refractivity contribution < 1.29 is 14.3 Å². The molecule has 1 aliphatic heterocycles. The number of amides is 2. The van der Waals surface area contributed by atoms with E-state index in [1.165, 1.54) is 5.56 Å². The van der Waals surface area contributed by atoms with Gasteiger partial charge in [-0.05, 0) is 59.7 Å². The zero-order chi connectivity index (χ0) is 24.3. The minimum atomic E-state index is -0.123. The lowest BCUT2D eigenvalue weighted by Gasteiger charge is -2.32. The first-order valence-corrected chi connectivity index (χ1v) is 11.8. The molecule has 0 saturated heterocycles. The lowest BCUT2D eigenvalue weighted by Crippen LogP contribution is -2.38. The fourth-order valence-corrected chi connectivity index (χ4v) is 4.05. The van der Waals surface area contributed by atoms with E-state index in [0.717, 1.165) is 29.0 Å². The average molecular weight is 457 g/mol. The number of nitrogens with one attached hydrogen (secondary N) is 1. The molecule has 1 heterocycles. The molecule has 0 bridgehead atoms. The molecular weight excluding hydrogens is 424 g/mol. The topological polar surface area (TPSA) is 58.6 Å². The number of carbonyl (C=O) groups is 2. The lowest BCUT2D eigenvalue weighted by molar-refractivity contribution is -0.121. The number of fused-ring (bicyclic) bond motifs is 1. The van der Waals surface area contributed by atoms with Gasteiger partial charge in [0, 0.05) is 5.56 Å². The molecule has 3 aromatic carbocycles. The molecule has 34 heavy (non-hydrogen) atoms. The number of hydrogen-bond donors (Lipinski definition) is 1. The third kappa shape index (κ3) is 4.98. The maximum atomic E-state index is 12.8. The summed E-state index contributed by atoms with van der Waals surface area (Å²) in [7, 11) is 0. The molecule has 3 aromatic rings. The van der Waals surface area contributed by atoms with Crippen LogP contribution in [0.5, 0.6) is 5.75 Å². The van der Waals surface area contributed by atoms with Crippen LogP contribution in [0.1, 0.15) is 67.2 Å². The Kier molecular flexibility index (Phi) is 6.73. The smallest absolute Gasteiger partial charge is 0.265 e. The molecule has 0 radical (unpaired) electrons. The molecule has 176 valence electrons. The van der Waals surface area contributed by atoms with Gasteiger partial charge in [-0.1, -0.05) is 69.3 Å². The second-order valence-corrected chi connectivity index (χ2v) is 9.49. The van der Waals surface area contributed by atoms with Gasteiger partial charge >= 0.3 is 0 Å². The van der Waals surface area contributed by atoms with Gasteiger partial charge in [-0.3, -0.25) is 9.59 Å². The van der Waals surface area contributed by atoms with Crippen LogP contribution < -0.4 is 15.0 Å². The standard InChI is InChI=1S/C29H32N2O3/c1-5-29(3,4)24-15-16-26-25(17-24)31(27(32)19-34-26)18-21-11-13-23(14-12-21)28(33)30-20(2)22-9-7-6-8-10-22/h6-17,20H,5,18-19H2,1-4H3,(H,30,33). The van der Waals surface area contributed by atoms with E-state index in [4.69, 9.17) is 4.74 Å². The molecule has 4 rings (SSSR count). The minimum Gasteiger partial charge on any atom is -0.482 e.